The Balaban J connectivity index is 1.82. The van der Waals surface area contributed by atoms with Gasteiger partial charge in [-0.3, -0.25) is 0 Å². The maximum absolute atomic E-state index is 12.1. The largest absolute Gasteiger partial charge is 0.464 e. The van der Waals surface area contributed by atoms with E-state index in [1.807, 2.05) is 12.3 Å². The Kier molecular flexibility index (Phi) is 6.20. The quantitative estimate of drug-likeness (QED) is 0.766. The van der Waals surface area contributed by atoms with Crippen molar-refractivity contribution in [3.8, 4) is 0 Å². The van der Waals surface area contributed by atoms with Crippen molar-refractivity contribution in [2.75, 3.05) is 0 Å². The molecule has 0 aliphatic carbocycles. The topological polar surface area (TPSA) is 38.1 Å². The zero-order chi connectivity index (χ0) is 15.2. The monoisotopic (exact) mass is 332 g/mol. The Hall–Kier alpha value is -0.920. The summed E-state index contributed by atoms with van der Waals surface area (Å²) in [6.45, 7) is 4.72. The second kappa shape index (κ2) is 7.91. The SMILES string of the molecule is CCc1cnc(C(C)NCc2ccc(CSC(F)F)o2)s1. The van der Waals surface area contributed by atoms with Gasteiger partial charge in [-0.1, -0.05) is 18.7 Å². The molecule has 0 amide bonds. The molecule has 2 rings (SSSR count). The number of thiazole rings is 1. The van der Waals surface area contributed by atoms with Gasteiger partial charge in [0.25, 0.3) is 5.76 Å². The number of hydrogen-bond donors (Lipinski definition) is 1. The standard InChI is InChI=1S/C14H18F2N2OS2/c1-3-12-7-18-13(21-12)9(2)17-6-10-4-5-11(19-10)8-20-14(15)16/h4-5,7,9,14,17H,3,6,8H2,1-2H3. The average molecular weight is 332 g/mol. The first-order chi connectivity index (χ1) is 10.1. The highest BCUT2D eigenvalue weighted by molar-refractivity contribution is 7.98. The van der Waals surface area contributed by atoms with Crippen molar-refractivity contribution in [2.24, 2.45) is 0 Å². The molecule has 2 aromatic rings. The van der Waals surface area contributed by atoms with Crippen LogP contribution >= 0.6 is 23.1 Å². The van der Waals surface area contributed by atoms with E-state index in [9.17, 15) is 8.78 Å². The van der Waals surface area contributed by atoms with E-state index < -0.39 is 5.76 Å². The van der Waals surface area contributed by atoms with Crippen LogP contribution in [0, 0.1) is 0 Å². The lowest BCUT2D eigenvalue weighted by molar-refractivity contribution is 0.251. The highest BCUT2D eigenvalue weighted by atomic mass is 32.2. The Bertz CT molecular complexity index is 557. The lowest BCUT2D eigenvalue weighted by atomic mass is 10.3. The molecule has 2 aromatic heterocycles. The average Bonchev–Trinajstić information content (AvgIpc) is 3.11. The molecule has 0 spiro atoms. The first-order valence-corrected chi connectivity index (χ1v) is 8.60. The van der Waals surface area contributed by atoms with Gasteiger partial charge >= 0.3 is 0 Å². The molecule has 1 N–H and O–H groups in total. The Morgan fingerprint density at radius 1 is 1.38 bits per heavy atom. The van der Waals surface area contributed by atoms with Gasteiger partial charge in [-0.05, 0) is 25.5 Å². The van der Waals surface area contributed by atoms with Crippen molar-refractivity contribution in [1.29, 1.82) is 0 Å². The molecule has 0 saturated heterocycles. The lowest BCUT2D eigenvalue weighted by Gasteiger charge is -2.09. The molecule has 3 nitrogen and oxygen atoms in total. The van der Waals surface area contributed by atoms with Crippen molar-refractivity contribution in [2.45, 2.75) is 44.4 Å². The summed E-state index contributed by atoms with van der Waals surface area (Å²) in [5.74, 6) is -0.847. The van der Waals surface area contributed by atoms with Gasteiger partial charge in [0.2, 0.25) is 0 Å². The van der Waals surface area contributed by atoms with Gasteiger partial charge in [-0.25, -0.2) is 4.98 Å². The number of alkyl halides is 2. The maximum atomic E-state index is 12.1. The molecule has 1 unspecified atom stereocenters. The van der Waals surface area contributed by atoms with E-state index in [2.05, 4.69) is 24.1 Å². The Labute approximate surface area is 131 Å². The molecule has 0 bridgehead atoms. The minimum absolute atomic E-state index is 0.138. The molecule has 0 aliphatic rings. The van der Waals surface area contributed by atoms with E-state index >= 15 is 0 Å². The summed E-state index contributed by atoms with van der Waals surface area (Å²) in [5.41, 5.74) is 0. The van der Waals surface area contributed by atoms with Crippen LogP contribution in [0.1, 0.15) is 41.3 Å². The summed E-state index contributed by atoms with van der Waals surface area (Å²) in [6.07, 6.45) is 2.90. The van der Waals surface area contributed by atoms with Gasteiger partial charge in [-0.15, -0.1) is 11.3 Å². The summed E-state index contributed by atoms with van der Waals surface area (Å²) in [4.78, 5) is 5.66. The number of nitrogens with one attached hydrogen (secondary N) is 1. The van der Waals surface area contributed by atoms with Crippen LogP contribution in [0.4, 0.5) is 8.78 Å². The smallest absolute Gasteiger partial charge is 0.284 e. The van der Waals surface area contributed by atoms with Crippen molar-refractivity contribution < 1.29 is 13.2 Å². The van der Waals surface area contributed by atoms with Crippen LogP contribution in [0.15, 0.2) is 22.7 Å². The van der Waals surface area contributed by atoms with Crippen LogP contribution in [-0.4, -0.2) is 10.7 Å². The summed E-state index contributed by atoms with van der Waals surface area (Å²) in [5, 5.41) is 4.38. The number of furan rings is 1. The summed E-state index contributed by atoms with van der Waals surface area (Å²) >= 11 is 2.27. The molecular formula is C14H18F2N2OS2. The summed E-state index contributed by atoms with van der Waals surface area (Å²) in [6, 6.07) is 3.70. The van der Waals surface area contributed by atoms with Gasteiger partial charge in [0.15, 0.2) is 0 Å². The summed E-state index contributed by atoms with van der Waals surface area (Å²) in [7, 11) is 0. The van der Waals surface area contributed by atoms with Crippen LogP contribution in [0.25, 0.3) is 0 Å². The predicted molar refractivity (Wildman–Crippen MR) is 82.8 cm³/mol. The molecule has 0 saturated carbocycles. The van der Waals surface area contributed by atoms with Crippen LogP contribution in [0.3, 0.4) is 0 Å². The zero-order valence-electron chi connectivity index (χ0n) is 11.9. The summed E-state index contributed by atoms with van der Waals surface area (Å²) < 4.78 is 29.7. The molecular weight excluding hydrogens is 314 g/mol. The molecule has 21 heavy (non-hydrogen) atoms. The number of halogens is 2. The van der Waals surface area contributed by atoms with Crippen molar-refractivity contribution >= 4 is 23.1 Å². The number of nitrogens with zero attached hydrogens (tertiary/aromatic N) is 1. The number of rotatable bonds is 8. The van der Waals surface area contributed by atoms with E-state index in [4.69, 9.17) is 4.42 Å². The molecule has 0 aromatic carbocycles. The Morgan fingerprint density at radius 2 is 2.14 bits per heavy atom. The van der Waals surface area contributed by atoms with E-state index in [-0.39, 0.29) is 11.8 Å². The minimum atomic E-state index is -2.37. The number of hydrogen-bond acceptors (Lipinski definition) is 5. The van der Waals surface area contributed by atoms with Crippen LogP contribution in [0.5, 0.6) is 0 Å². The van der Waals surface area contributed by atoms with Crippen LogP contribution in [-0.2, 0) is 18.7 Å². The van der Waals surface area contributed by atoms with E-state index in [0.717, 1.165) is 17.2 Å². The van der Waals surface area contributed by atoms with Crippen molar-refractivity contribution in [3.63, 3.8) is 0 Å². The van der Waals surface area contributed by atoms with E-state index in [0.29, 0.717) is 24.1 Å². The third kappa shape index (κ3) is 5.09. The zero-order valence-corrected chi connectivity index (χ0v) is 13.6. The fraction of sp³-hybridized carbons (Fsp3) is 0.500. The molecule has 0 aliphatic heterocycles. The van der Waals surface area contributed by atoms with Gasteiger partial charge in [0.1, 0.15) is 16.5 Å². The molecule has 116 valence electrons. The number of thioether (sulfide) groups is 1. The molecule has 0 fully saturated rings. The van der Waals surface area contributed by atoms with Gasteiger partial charge in [0.05, 0.1) is 18.3 Å². The number of aromatic nitrogens is 1. The predicted octanol–water partition coefficient (Wildman–Crippen LogP) is 4.61. The fourth-order valence-electron chi connectivity index (χ4n) is 1.77. The van der Waals surface area contributed by atoms with Crippen molar-refractivity contribution in [1.82, 2.24) is 10.3 Å². The third-order valence-corrected chi connectivity index (χ3v) is 4.97. The third-order valence-electron chi connectivity index (χ3n) is 2.94. The first-order valence-electron chi connectivity index (χ1n) is 6.73. The highest BCUT2D eigenvalue weighted by Crippen LogP contribution is 2.23. The lowest BCUT2D eigenvalue weighted by Crippen LogP contribution is -2.17. The second-order valence-electron chi connectivity index (χ2n) is 4.56. The fourth-order valence-corrected chi connectivity index (χ4v) is 3.10. The maximum Gasteiger partial charge on any atom is 0.284 e. The number of aryl methyl sites for hydroxylation is 1. The molecule has 1 atom stereocenters. The van der Waals surface area contributed by atoms with Crippen LogP contribution in [0.2, 0.25) is 0 Å². The molecule has 0 radical (unpaired) electrons. The Morgan fingerprint density at radius 3 is 2.81 bits per heavy atom. The first kappa shape index (κ1) is 16.5. The molecule has 7 heteroatoms. The van der Waals surface area contributed by atoms with Gasteiger partial charge < -0.3 is 9.73 Å². The van der Waals surface area contributed by atoms with Crippen molar-refractivity contribution in [3.05, 3.63) is 39.7 Å². The normalized spacial score (nSPS) is 13.0. The van der Waals surface area contributed by atoms with E-state index in [1.54, 1.807) is 17.4 Å². The molecule has 2 heterocycles. The van der Waals surface area contributed by atoms with Gasteiger partial charge in [0, 0.05) is 11.1 Å². The van der Waals surface area contributed by atoms with Crippen LogP contribution < -0.4 is 5.32 Å². The highest BCUT2D eigenvalue weighted by Gasteiger charge is 2.11. The second-order valence-corrected chi connectivity index (χ2v) is 6.69. The van der Waals surface area contributed by atoms with Gasteiger partial charge in [-0.2, -0.15) is 8.78 Å². The minimum Gasteiger partial charge on any atom is -0.464 e. The van der Waals surface area contributed by atoms with E-state index in [1.165, 1.54) is 4.88 Å².